The summed E-state index contributed by atoms with van der Waals surface area (Å²) in [5.74, 6) is 0.930. The van der Waals surface area contributed by atoms with Crippen LogP contribution >= 0.6 is 0 Å². The molecule has 1 aromatic carbocycles. The fourth-order valence-corrected chi connectivity index (χ4v) is 2.23. The fraction of sp³-hybridized carbons (Fsp3) is 0.235. The number of pyridine rings is 1. The Labute approximate surface area is 139 Å². The lowest BCUT2D eigenvalue weighted by Gasteiger charge is -2.14. The first kappa shape index (κ1) is 15.9. The maximum atomic E-state index is 12.4. The van der Waals surface area contributed by atoms with Gasteiger partial charge < -0.3 is 14.8 Å². The summed E-state index contributed by atoms with van der Waals surface area (Å²) >= 11 is 0. The molecular formula is C17H18N4O3. The standard InChI is InChI=1S/C17H18N4O3/c1-12(24-13-7-4-3-5-8-13)17(22)18-14-9-6-10-21-16(14)19-15(20-21)11-23-2/h3-10,12H,11H2,1-2H3,(H,18,22)/t12-/m1/s1. The molecule has 0 unspecified atom stereocenters. The van der Waals surface area contributed by atoms with Crippen LogP contribution in [0.15, 0.2) is 48.7 Å². The van der Waals surface area contributed by atoms with Crippen molar-refractivity contribution in [2.45, 2.75) is 19.6 Å². The lowest BCUT2D eigenvalue weighted by molar-refractivity contribution is -0.122. The van der Waals surface area contributed by atoms with Gasteiger partial charge in [-0.15, -0.1) is 5.10 Å². The van der Waals surface area contributed by atoms with Crippen molar-refractivity contribution in [3.8, 4) is 5.75 Å². The lowest BCUT2D eigenvalue weighted by atomic mass is 10.3. The zero-order valence-corrected chi connectivity index (χ0v) is 13.5. The summed E-state index contributed by atoms with van der Waals surface area (Å²) in [6.45, 7) is 2.01. The molecule has 1 amide bonds. The number of anilines is 1. The smallest absolute Gasteiger partial charge is 0.265 e. The van der Waals surface area contributed by atoms with Crippen LogP contribution in [-0.2, 0) is 16.1 Å². The number of aromatic nitrogens is 3. The molecule has 2 heterocycles. The number of hydrogen-bond acceptors (Lipinski definition) is 5. The minimum absolute atomic E-state index is 0.261. The highest BCUT2D eigenvalue weighted by atomic mass is 16.5. The molecule has 7 heteroatoms. The number of nitrogens with one attached hydrogen (secondary N) is 1. The fourth-order valence-electron chi connectivity index (χ4n) is 2.23. The van der Waals surface area contributed by atoms with Crippen molar-refractivity contribution in [2.24, 2.45) is 0 Å². The molecule has 0 radical (unpaired) electrons. The van der Waals surface area contributed by atoms with E-state index in [0.29, 0.717) is 29.5 Å². The third-order valence-electron chi connectivity index (χ3n) is 3.36. The van der Waals surface area contributed by atoms with E-state index in [0.717, 1.165) is 0 Å². The van der Waals surface area contributed by atoms with Crippen molar-refractivity contribution in [2.75, 3.05) is 12.4 Å². The maximum Gasteiger partial charge on any atom is 0.265 e. The Bertz CT molecular complexity index is 832. The van der Waals surface area contributed by atoms with Gasteiger partial charge in [-0.25, -0.2) is 9.50 Å². The summed E-state index contributed by atoms with van der Waals surface area (Å²) in [6.07, 6.45) is 1.12. The molecule has 3 rings (SSSR count). The van der Waals surface area contributed by atoms with E-state index in [1.165, 1.54) is 0 Å². The molecule has 7 nitrogen and oxygen atoms in total. The quantitative estimate of drug-likeness (QED) is 0.752. The summed E-state index contributed by atoms with van der Waals surface area (Å²) < 4.78 is 12.3. The number of amides is 1. The summed E-state index contributed by atoms with van der Waals surface area (Å²) in [5.41, 5.74) is 1.13. The third-order valence-corrected chi connectivity index (χ3v) is 3.36. The summed E-state index contributed by atoms with van der Waals surface area (Å²) in [4.78, 5) is 16.7. The second kappa shape index (κ2) is 7.10. The van der Waals surface area contributed by atoms with Gasteiger partial charge in [0.1, 0.15) is 12.4 Å². The largest absolute Gasteiger partial charge is 0.481 e. The van der Waals surface area contributed by atoms with Crippen LogP contribution < -0.4 is 10.1 Å². The van der Waals surface area contributed by atoms with Gasteiger partial charge in [-0.2, -0.15) is 0 Å². The van der Waals surface area contributed by atoms with Crippen LogP contribution in [-0.4, -0.2) is 33.7 Å². The molecular weight excluding hydrogens is 308 g/mol. The number of methoxy groups -OCH3 is 1. The maximum absolute atomic E-state index is 12.4. The number of carbonyl (C=O) groups is 1. The number of fused-ring (bicyclic) bond motifs is 1. The van der Waals surface area contributed by atoms with Gasteiger partial charge in [-0.3, -0.25) is 4.79 Å². The van der Waals surface area contributed by atoms with Gasteiger partial charge in [0.2, 0.25) is 0 Å². The Kier molecular flexibility index (Phi) is 4.72. The molecule has 0 aliphatic heterocycles. The van der Waals surface area contributed by atoms with Gasteiger partial charge in [-0.05, 0) is 31.2 Å². The van der Waals surface area contributed by atoms with Crippen LogP contribution in [0.25, 0.3) is 5.65 Å². The second-order valence-electron chi connectivity index (χ2n) is 5.21. The minimum atomic E-state index is -0.644. The Morgan fingerprint density at radius 3 is 2.79 bits per heavy atom. The lowest BCUT2D eigenvalue weighted by Crippen LogP contribution is -2.30. The number of carbonyl (C=O) groups excluding carboxylic acids is 1. The van der Waals surface area contributed by atoms with Crippen LogP contribution in [0.3, 0.4) is 0 Å². The average molecular weight is 326 g/mol. The molecule has 2 aromatic heterocycles. The van der Waals surface area contributed by atoms with Crippen LogP contribution in [0.5, 0.6) is 5.75 Å². The van der Waals surface area contributed by atoms with Gasteiger partial charge in [0.15, 0.2) is 17.6 Å². The van der Waals surface area contributed by atoms with E-state index < -0.39 is 6.10 Å². The molecule has 1 N–H and O–H groups in total. The Morgan fingerprint density at radius 2 is 2.04 bits per heavy atom. The normalized spacial score (nSPS) is 12.1. The molecule has 124 valence electrons. The highest BCUT2D eigenvalue weighted by Crippen LogP contribution is 2.17. The zero-order valence-electron chi connectivity index (χ0n) is 13.5. The number of nitrogens with zero attached hydrogens (tertiary/aromatic N) is 3. The molecule has 0 aliphatic carbocycles. The van der Waals surface area contributed by atoms with Gasteiger partial charge in [0.05, 0.1) is 5.69 Å². The number of para-hydroxylation sites is 1. The van der Waals surface area contributed by atoms with Crippen molar-refractivity contribution in [3.05, 3.63) is 54.5 Å². The third kappa shape index (κ3) is 3.52. The van der Waals surface area contributed by atoms with Crippen molar-refractivity contribution in [1.29, 1.82) is 0 Å². The van der Waals surface area contributed by atoms with E-state index in [1.54, 1.807) is 49.0 Å². The highest BCUT2D eigenvalue weighted by molar-refractivity contribution is 5.97. The van der Waals surface area contributed by atoms with Crippen molar-refractivity contribution >= 4 is 17.2 Å². The molecule has 24 heavy (non-hydrogen) atoms. The van der Waals surface area contributed by atoms with Crippen LogP contribution in [0.2, 0.25) is 0 Å². The first-order valence-electron chi connectivity index (χ1n) is 7.53. The molecule has 0 saturated heterocycles. The van der Waals surface area contributed by atoms with Crippen LogP contribution in [0.4, 0.5) is 5.69 Å². The molecule has 0 aliphatic rings. The summed E-state index contributed by atoms with van der Waals surface area (Å²) in [6, 6.07) is 12.8. The van der Waals surface area contributed by atoms with Gasteiger partial charge in [0.25, 0.3) is 5.91 Å². The van der Waals surface area contributed by atoms with E-state index in [-0.39, 0.29) is 5.91 Å². The van der Waals surface area contributed by atoms with Gasteiger partial charge >= 0.3 is 0 Å². The Balaban J connectivity index is 1.75. The molecule has 0 bridgehead atoms. The van der Waals surface area contributed by atoms with Gasteiger partial charge in [0, 0.05) is 13.3 Å². The van der Waals surface area contributed by atoms with Crippen molar-refractivity contribution in [3.63, 3.8) is 0 Å². The summed E-state index contributed by atoms with van der Waals surface area (Å²) in [7, 11) is 1.58. The van der Waals surface area contributed by atoms with E-state index in [1.807, 2.05) is 18.2 Å². The molecule has 0 saturated carbocycles. The second-order valence-corrected chi connectivity index (χ2v) is 5.21. The molecule has 3 aromatic rings. The minimum Gasteiger partial charge on any atom is -0.481 e. The van der Waals surface area contributed by atoms with Crippen LogP contribution in [0, 0.1) is 0 Å². The highest BCUT2D eigenvalue weighted by Gasteiger charge is 2.17. The van der Waals surface area contributed by atoms with Crippen molar-refractivity contribution < 1.29 is 14.3 Å². The SMILES string of the molecule is COCc1nc2c(NC(=O)[C@@H](C)Oc3ccccc3)cccn2n1. The molecule has 0 spiro atoms. The van der Waals surface area contributed by atoms with Gasteiger partial charge in [-0.1, -0.05) is 18.2 Å². The number of hydrogen-bond donors (Lipinski definition) is 1. The predicted molar refractivity (Wildman–Crippen MR) is 88.9 cm³/mol. The van der Waals surface area contributed by atoms with E-state index in [2.05, 4.69) is 15.4 Å². The first-order chi connectivity index (χ1) is 11.7. The Hall–Kier alpha value is -2.93. The molecule has 1 atom stereocenters. The molecule has 0 fully saturated rings. The number of benzene rings is 1. The zero-order chi connectivity index (χ0) is 16.9. The predicted octanol–water partition coefficient (Wildman–Crippen LogP) is 2.28. The van der Waals surface area contributed by atoms with E-state index in [4.69, 9.17) is 9.47 Å². The topological polar surface area (TPSA) is 77.8 Å². The van der Waals surface area contributed by atoms with E-state index >= 15 is 0 Å². The Morgan fingerprint density at radius 1 is 1.25 bits per heavy atom. The van der Waals surface area contributed by atoms with Crippen LogP contribution in [0.1, 0.15) is 12.7 Å². The average Bonchev–Trinajstić information content (AvgIpc) is 3.00. The number of ether oxygens (including phenoxy) is 2. The van der Waals surface area contributed by atoms with Crippen molar-refractivity contribution in [1.82, 2.24) is 14.6 Å². The first-order valence-corrected chi connectivity index (χ1v) is 7.53. The monoisotopic (exact) mass is 326 g/mol. The summed E-state index contributed by atoms with van der Waals surface area (Å²) in [5, 5.41) is 7.11. The van der Waals surface area contributed by atoms with E-state index in [9.17, 15) is 4.79 Å². The number of rotatable bonds is 6.